The summed E-state index contributed by atoms with van der Waals surface area (Å²) in [6.07, 6.45) is 0. The van der Waals surface area contributed by atoms with Crippen molar-refractivity contribution in [3.8, 4) is 0 Å². The van der Waals surface area contributed by atoms with Gasteiger partial charge in [0.2, 0.25) is 0 Å². The summed E-state index contributed by atoms with van der Waals surface area (Å²) in [4.78, 5) is 17.3. The van der Waals surface area contributed by atoms with Gasteiger partial charge in [0.15, 0.2) is 4.80 Å². The van der Waals surface area contributed by atoms with Crippen LogP contribution in [0.15, 0.2) is 41.4 Å². The smallest absolute Gasteiger partial charge is 0.279 e. The summed E-state index contributed by atoms with van der Waals surface area (Å²) in [6, 6.07) is 11.0. The maximum atomic E-state index is 12.3. The Hall–Kier alpha value is -1.91. The van der Waals surface area contributed by atoms with Crippen LogP contribution in [-0.2, 0) is 7.05 Å². The van der Waals surface area contributed by atoms with Crippen LogP contribution in [0, 0.1) is 13.8 Å². The van der Waals surface area contributed by atoms with Crippen LogP contribution in [0.4, 0.5) is 0 Å². The molecule has 1 amide bonds. The molecule has 0 saturated heterocycles. The van der Waals surface area contributed by atoms with E-state index >= 15 is 0 Å². The molecular weight excluding hydrogens is 316 g/mol. The molecule has 0 aliphatic carbocycles. The minimum Gasteiger partial charge on any atom is -0.319 e. The van der Waals surface area contributed by atoms with Gasteiger partial charge in [0, 0.05) is 17.6 Å². The van der Waals surface area contributed by atoms with E-state index in [0.29, 0.717) is 15.4 Å². The maximum absolute atomic E-state index is 12.3. The topological polar surface area (TPSA) is 34.4 Å². The highest BCUT2D eigenvalue weighted by Crippen LogP contribution is 2.24. The second-order valence-electron chi connectivity index (χ2n) is 5.24. The van der Waals surface area contributed by atoms with Gasteiger partial charge in [0.1, 0.15) is 0 Å². The normalized spacial score (nSPS) is 12.1. The number of rotatable bonds is 1. The molecule has 0 N–H and O–H groups in total. The Labute approximate surface area is 137 Å². The molecule has 1 aromatic heterocycles. The average Bonchev–Trinajstić information content (AvgIpc) is 2.82. The number of aromatic nitrogens is 1. The van der Waals surface area contributed by atoms with E-state index in [1.807, 2.05) is 11.6 Å². The third-order valence-electron chi connectivity index (χ3n) is 3.63. The number of amides is 1. The van der Waals surface area contributed by atoms with Crippen LogP contribution in [0.3, 0.4) is 0 Å². The fraction of sp³-hybridized carbons (Fsp3) is 0.176. The van der Waals surface area contributed by atoms with Gasteiger partial charge in [-0.25, -0.2) is 0 Å². The molecule has 22 heavy (non-hydrogen) atoms. The zero-order valence-corrected chi connectivity index (χ0v) is 14.1. The molecule has 0 bridgehead atoms. The lowest BCUT2D eigenvalue weighted by molar-refractivity contribution is 0.0998. The van der Waals surface area contributed by atoms with Crippen LogP contribution in [-0.4, -0.2) is 10.5 Å². The molecule has 1 heterocycles. The minimum atomic E-state index is -0.255. The van der Waals surface area contributed by atoms with Crippen LogP contribution in [0.25, 0.3) is 10.2 Å². The number of benzene rings is 2. The highest BCUT2D eigenvalue weighted by molar-refractivity contribution is 7.16. The van der Waals surface area contributed by atoms with Crippen LogP contribution < -0.4 is 4.80 Å². The van der Waals surface area contributed by atoms with Gasteiger partial charge >= 0.3 is 0 Å². The van der Waals surface area contributed by atoms with Crippen LogP contribution in [0.2, 0.25) is 5.02 Å². The Morgan fingerprint density at radius 1 is 1.09 bits per heavy atom. The summed E-state index contributed by atoms with van der Waals surface area (Å²) in [5.74, 6) is -0.255. The van der Waals surface area contributed by atoms with Gasteiger partial charge in [-0.2, -0.15) is 4.99 Å². The molecule has 3 nitrogen and oxygen atoms in total. The summed E-state index contributed by atoms with van der Waals surface area (Å²) in [6.45, 7) is 4.14. The van der Waals surface area contributed by atoms with Crippen LogP contribution in [0.1, 0.15) is 21.5 Å². The predicted molar refractivity (Wildman–Crippen MR) is 91.6 cm³/mol. The minimum absolute atomic E-state index is 0.255. The maximum Gasteiger partial charge on any atom is 0.279 e. The zero-order valence-electron chi connectivity index (χ0n) is 12.6. The van der Waals surface area contributed by atoms with E-state index in [1.165, 1.54) is 15.8 Å². The van der Waals surface area contributed by atoms with E-state index in [-0.39, 0.29) is 5.91 Å². The third-order valence-corrected chi connectivity index (χ3v) is 5.15. The molecule has 0 saturated carbocycles. The predicted octanol–water partition coefficient (Wildman–Crippen LogP) is 4.25. The van der Waals surface area contributed by atoms with E-state index in [0.717, 1.165) is 5.52 Å². The second-order valence-corrected chi connectivity index (χ2v) is 6.66. The second kappa shape index (κ2) is 5.71. The molecule has 112 valence electrons. The van der Waals surface area contributed by atoms with Crippen molar-refractivity contribution in [3.05, 3.63) is 62.9 Å². The van der Waals surface area contributed by atoms with Crippen molar-refractivity contribution in [2.24, 2.45) is 12.0 Å². The number of thiazole rings is 1. The van der Waals surface area contributed by atoms with Gasteiger partial charge in [-0.1, -0.05) is 35.1 Å². The van der Waals surface area contributed by atoms with Gasteiger partial charge in [-0.15, -0.1) is 0 Å². The molecule has 0 aliphatic rings. The van der Waals surface area contributed by atoms with Crippen molar-refractivity contribution in [1.82, 2.24) is 4.57 Å². The third kappa shape index (κ3) is 2.60. The SMILES string of the molecule is Cc1ccc(C)c2c1sc(=NC(=O)c1ccc(Cl)cc1)n2C. The van der Waals surface area contributed by atoms with Crippen molar-refractivity contribution in [2.45, 2.75) is 13.8 Å². The van der Waals surface area contributed by atoms with E-state index in [9.17, 15) is 4.79 Å². The molecule has 0 aliphatic heterocycles. The van der Waals surface area contributed by atoms with Gasteiger partial charge in [-0.3, -0.25) is 4.79 Å². The quantitative estimate of drug-likeness (QED) is 0.656. The molecular formula is C17H15ClN2OS. The van der Waals surface area contributed by atoms with Gasteiger partial charge in [0.25, 0.3) is 5.91 Å². The monoisotopic (exact) mass is 330 g/mol. The Morgan fingerprint density at radius 2 is 1.73 bits per heavy atom. The highest BCUT2D eigenvalue weighted by Gasteiger charge is 2.10. The summed E-state index contributed by atoms with van der Waals surface area (Å²) >= 11 is 7.39. The molecule has 0 radical (unpaired) electrons. The van der Waals surface area contributed by atoms with Crippen molar-refractivity contribution in [2.75, 3.05) is 0 Å². The lowest BCUT2D eigenvalue weighted by Crippen LogP contribution is -2.13. The Balaban J connectivity index is 2.15. The summed E-state index contributed by atoms with van der Waals surface area (Å²) in [7, 11) is 1.94. The number of carbonyl (C=O) groups is 1. The number of carbonyl (C=O) groups excluding carboxylic acids is 1. The fourth-order valence-electron chi connectivity index (χ4n) is 2.41. The number of halogens is 1. The van der Waals surface area contributed by atoms with Gasteiger partial charge < -0.3 is 4.57 Å². The standard InChI is InChI=1S/C17H15ClN2OS/c1-10-4-5-11(2)15-14(10)20(3)17(22-15)19-16(21)12-6-8-13(18)9-7-12/h4-9H,1-3H3. The van der Waals surface area contributed by atoms with Crippen molar-refractivity contribution in [1.29, 1.82) is 0 Å². The summed E-state index contributed by atoms with van der Waals surface area (Å²) < 4.78 is 3.15. The number of aryl methyl sites for hydroxylation is 3. The van der Waals surface area contributed by atoms with Crippen molar-refractivity contribution < 1.29 is 4.79 Å². The fourth-order valence-corrected chi connectivity index (χ4v) is 3.70. The lowest BCUT2D eigenvalue weighted by atomic mass is 10.1. The Morgan fingerprint density at radius 3 is 2.36 bits per heavy atom. The highest BCUT2D eigenvalue weighted by atomic mass is 35.5. The molecule has 0 unspecified atom stereocenters. The van der Waals surface area contributed by atoms with E-state index in [4.69, 9.17) is 11.6 Å². The molecule has 5 heteroatoms. The average molecular weight is 331 g/mol. The molecule has 3 aromatic rings. The van der Waals surface area contributed by atoms with Gasteiger partial charge in [-0.05, 0) is 49.2 Å². The van der Waals surface area contributed by atoms with E-state index in [2.05, 4.69) is 31.0 Å². The lowest BCUT2D eigenvalue weighted by Gasteiger charge is -2.01. The first-order valence-electron chi connectivity index (χ1n) is 6.88. The Bertz CT molecular complexity index is 936. The number of nitrogens with zero attached hydrogens (tertiary/aromatic N) is 2. The molecule has 0 atom stereocenters. The van der Waals surface area contributed by atoms with Crippen molar-refractivity contribution >= 4 is 39.1 Å². The summed E-state index contributed by atoms with van der Waals surface area (Å²) in [5, 5.41) is 0.607. The summed E-state index contributed by atoms with van der Waals surface area (Å²) in [5.41, 5.74) is 4.05. The zero-order chi connectivity index (χ0) is 15.9. The molecule has 3 rings (SSSR count). The van der Waals surface area contributed by atoms with Gasteiger partial charge in [0.05, 0.1) is 10.2 Å². The molecule has 0 fully saturated rings. The first-order valence-corrected chi connectivity index (χ1v) is 8.07. The van der Waals surface area contributed by atoms with E-state index < -0.39 is 0 Å². The number of fused-ring (bicyclic) bond motifs is 1. The Kier molecular flexibility index (Phi) is 3.89. The van der Waals surface area contributed by atoms with E-state index in [1.54, 1.807) is 35.6 Å². The first kappa shape index (κ1) is 15.0. The van der Waals surface area contributed by atoms with Crippen molar-refractivity contribution in [3.63, 3.8) is 0 Å². The van der Waals surface area contributed by atoms with Crippen LogP contribution >= 0.6 is 22.9 Å². The first-order chi connectivity index (χ1) is 10.5. The largest absolute Gasteiger partial charge is 0.319 e. The number of hydrogen-bond acceptors (Lipinski definition) is 2. The molecule has 0 spiro atoms. The molecule has 2 aromatic carbocycles. The van der Waals surface area contributed by atoms with Crippen LogP contribution in [0.5, 0.6) is 0 Å². The number of hydrogen-bond donors (Lipinski definition) is 0.